The Morgan fingerprint density at radius 2 is 0.672 bits per heavy atom. The molecule has 0 N–H and O–H groups in total. The zero-order valence-corrected chi connectivity index (χ0v) is 32.7. The topological polar surface area (TPSA) is 114 Å². The number of aromatic nitrogens is 2. The van der Waals surface area contributed by atoms with Gasteiger partial charge in [-0.2, -0.15) is 0 Å². The van der Waals surface area contributed by atoms with E-state index in [4.69, 9.17) is 28.6 Å². The fourth-order valence-electron chi connectivity index (χ4n) is 7.48. The van der Waals surface area contributed by atoms with E-state index < -0.39 is 15.7 Å². The molecular weight excluding hydrogens is 782 g/mol. The molecule has 10 rings (SSSR count). The number of allylic oxidation sites excluding steroid dienone is 4. The van der Waals surface area contributed by atoms with Crippen LogP contribution in [-0.4, -0.2) is 34.2 Å². The van der Waals surface area contributed by atoms with Crippen molar-refractivity contribution in [2.45, 2.75) is 0 Å². The zero-order chi connectivity index (χ0) is 40.3. The Bertz CT molecular complexity index is 2650. The maximum absolute atomic E-state index is 7.50. The van der Waals surface area contributed by atoms with Gasteiger partial charge in [0.05, 0.1) is 38.5 Å². The standard InChI is InChI=1S/C44H28N4.4CO.Al.Co/c1-5-13-29(14-6-1)41-33-21-23-35(45-33)42(30-15-7-2-8-16-30)37-25-27-39(47-37)44(32-19-11-4-12-20-32)40-28-26-38(48-40)43(31-17-9-3-10-18-31)36-24-22-34(41)46-36;4*1-2;;/h1-28H;;;;;;/q-2;;;;;+1;. The van der Waals surface area contributed by atoms with Gasteiger partial charge in [-0.3, -0.25) is 0 Å². The van der Waals surface area contributed by atoms with Crippen molar-refractivity contribution in [2.24, 2.45) is 9.98 Å². The molecule has 4 aromatic carbocycles. The maximum Gasteiger partial charge on any atom is 0 e. The first kappa shape index (κ1) is 42.6. The Morgan fingerprint density at radius 1 is 0.362 bits per heavy atom. The van der Waals surface area contributed by atoms with Crippen molar-refractivity contribution in [3.05, 3.63) is 252 Å². The van der Waals surface area contributed by atoms with E-state index >= 15 is 0 Å². The summed E-state index contributed by atoms with van der Waals surface area (Å²) >= 11 is -0.533. The van der Waals surface area contributed by atoms with Crippen LogP contribution in [0, 0.1) is 26.6 Å². The average Bonchev–Trinajstić information content (AvgIpc) is 4.13. The molecule has 3 radical (unpaired) electrons. The van der Waals surface area contributed by atoms with Crippen LogP contribution >= 0.6 is 0 Å². The zero-order valence-electron chi connectivity index (χ0n) is 30.5. The number of nitrogens with zero attached hydrogens (tertiary/aromatic N) is 4. The summed E-state index contributed by atoms with van der Waals surface area (Å²) in [5.74, 6) is 0. The molecule has 8 nitrogen and oxygen atoms in total. The van der Waals surface area contributed by atoms with Gasteiger partial charge in [0, 0.05) is 39.1 Å². The number of hydrogen-bond donors (Lipinski definition) is 0. The van der Waals surface area contributed by atoms with E-state index in [1.807, 2.05) is 0 Å². The van der Waals surface area contributed by atoms with E-state index in [0.29, 0.717) is 0 Å². The minimum absolute atomic E-state index is 0. The molecule has 58 heavy (non-hydrogen) atoms. The van der Waals surface area contributed by atoms with Gasteiger partial charge in [0.15, 0.2) is 0 Å². The van der Waals surface area contributed by atoms with Gasteiger partial charge in [0.2, 0.25) is 0 Å². The van der Waals surface area contributed by atoms with Crippen LogP contribution in [0.5, 0.6) is 0 Å². The number of hydrogen-bond acceptors (Lipinski definition) is 2. The number of benzene rings is 4. The molecule has 6 bridgehead atoms. The van der Waals surface area contributed by atoms with Gasteiger partial charge in [0.1, 0.15) is 0 Å². The van der Waals surface area contributed by atoms with Crippen molar-refractivity contribution < 1.29 is 35.4 Å². The van der Waals surface area contributed by atoms with Crippen molar-refractivity contribution in [3.63, 3.8) is 0 Å². The van der Waals surface area contributed by atoms with Crippen LogP contribution in [0.3, 0.4) is 0 Å². The molecule has 0 amide bonds. The summed E-state index contributed by atoms with van der Waals surface area (Å²) < 4.78 is 35.1. The van der Waals surface area contributed by atoms with Crippen molar-refractivity contribution in [3.8, 4) is 0 Å². The largest absolute Gasteiger partial charge is 0 e. The monoisotopic (exact) mass is 810 g/mol. The number of fused-ring (bicyclic) bond motifs is 2. The third-order valence-corrected chi connectivity index (χ3v) is 11.2. The van der Waals surface area contributed by atoms with Crippen molar-refractivity contribution in [1.29, 1.82) is 0 Å². The number of rotatable bonds is 4. The quantitative estimate of drug-likeness (QED) is 0.103. The van der Waals surface area contributed by atoms with Crippen molar-refractivity contribution in [1.82, 2.24) is 7.10 Å². The minimum atomic E-state index is -0.533. The minimum Gasteiger partial charge on any atom is 0 e. The van der Waals surface area contributed by atoms with E-state index in [-0.39, 0.29) is 16.8 Å². The van der Waals surface area contributed by atoms with Gasteiger partial charge in [-0.15, -0.1) is 0 Å². The molecule has 4 aliphatic rings. The van der Waals surface area contributed by atoms with Crippen LogP contribution < -0.4 is 10.7 Å². The first-order chi connectivity index (χ1) is 28.3. The normalized spacial score (nSPS) is 13.6. The second kappa shape index (κ2) is 20.1. The SMILES string of the molecule is C1=CC2=C(c3ccccc3)c3ccc4[n]3[Al-][n]3c(ccc3=C(c3ccccc3)C3=NC(=C4c4ccccc4)C=C3)=C(c3ccccc3)C1=N2.[C-]#[O+].[C-]#[O+].[C-]#[O+].[C-]#[O+].[Co]. The van der Waals surface area contributed by atoms with E-state index in [9.17, 15) is 0 Å². The molecule has 10 heteroatoms. The molecular formula is C48H28AlCoN4O4-. The van der Waals surface area contributed by atoms with Crippen LogP contribution in [-0.2, 0) is 35.4 Å². The molecule has 0 saturated heterocycles. The van der Waals surface area contributed by atoms with E-state index in [2.05, 4.69) is 204 Å². The summed E-state index contributed by atoms with van der Waals surface area (Å²) in [5, 5.41) is 2.30. The summed E-state index contributed by atoms with van der Waals surface area (Å²) in [5.41, 5.74) is 15.3. The van der Waals surface area contributed by atoms with Crippen LogP contribution in [0.25, 0.3) is 22.3 Å². The number of aliphatic imine (C=N–C) groups is 2. The molecule has 0 saturated carbocycles. The molecule has 277 valence electrons. The third kappa shape index (κ3) is 7.88. The fourth-order valence-corrected chi connectivity index (χ4v) is 9.07. The summed E-state index contributed by atoms with van der Waals surface area (Å²) in [6, 6.07) is 52.0. The molecule has 0 aliphatic carbocycles. The van der Waals surface area contributed by atoms with Crippen LogP contribution in [0.2, 0.25) is 0 Å². The Balaban J connectivity index is 0.000000673. The molecule has 0 spiro atoms. The maximum atomic E-state index is 7.50. The molecule has 0 fully saturated rings. The predicted molar refractivity (Wildman–Crippen MR) is 216 cm³/mol. The van der Waals surface area contributed by atoms with E-state index in [0.717, 1.165) is 89.4 Å². The van der Waals surface area contributed by atoms with E-state index in [1.54, 1.807) is 0 Å². The molecule has 6 aromatic rings. The molecule has 2 aromatic heterocycles. The summed E-state index contributed by atoms with van der Waals surface area (Å²) in [6.45, 7) is 18.0. The Kier molecular flexibility index (Phi) is 14.7. The van der Waals surface area contributed by atoms with Gasteiger partial charge in [-0.05, 0) is 92.9 Å². The van der Waals surface area contributed by atoms with Gasteiger partial charge in [-0.25, -0.2) is 9.98 Å². The summed E-state index contributed by atoms with van der Waals surface area (Å²) in [4.78, 5) is 10.9. The van der Waals surface area contributed by atoms with Gasteiger partial charge in [0.25, 0.3) is 0 Å². The van der Waals surface area contributed by atoms with Gasteiger partial charge >= 0.3 is 45.2 Å². The molecule has 0 atom stereocenters. The van der Waals surface area contributed by atoms with E-state index in [1.165, 1.54) is 0 Å². The molecule has 0 unspecified atom stereocenters. The first-order valence-corrected chi connectivity index (χ1v) is 18.4. The Labute approximate surface area is 352 Å². The Morgan fingerprint density at radius 3 is 1.00 bits per heavy atom. The van der Waals surface area contributed by atoms with Crippen LogP contribution in [0.15, 0.2) is 191 Å². The molecule has 4 aliphatic heterocycles. The van der Waals surface area contributed by atoms with Gasteiger partial charge < -0.3 is 7.10 Å². The fraction of sp³-hybridized carbons (Fsp3) is 0. The third-order valence-electron chi connectivity index (χ3n) is 9.65. The first-order valence-electron chi connectivity index (χ1n) is 17.4. The average molecular weight is 811 g/mol. The second-order valence-electron chi connectivity index (χ2n) is 12.5. The Hall–Kier alpha value is -6.52. The summed E-state index contributed by atoms with van der Waals surface area (Å²) in [6.07, 6.45) is 8.77. The smallest absolute Gasteiger partial charge is 0 e. The van der Waals surface area contributed by atoms with Crippen LogP contribution in [0.4, 0.5) is 0 Å². The van der Waals surface area contributed by atoms with Crippen molar-refractivity contribution >= 4 is 49.4 Å². The van der Waals surface area contributed by atoms with Gasteiger partial charge in [-0.1, -0.05) is 121 Å². The van der Waals surface area contributed by atoms with Crippen LogP contribution in [0.1, 0.15) is 33.6 Å². The molecule has 6 heterocycles. The van der Waals surface area contributed by atoms with Crippen molar-refractivity contribution in [2.75, 3.05) is 0 Å². The summed E-state index contributed by atoms with van der Waals surface area (Å²) in [7, 11) is 0. The second-order valence-corrected chi connectivity index (χ2v) is 13.7. The predicted octanol–water partition coefficient (Wildman–Crippen LogP) is 7.03.